The van der Waals surface area contributed by atoms with E-state index in [4.69, 9.17) is 4.74 Å². The van der Waals surface area contributed by atoms with Crippen molar-refractivity contribution in [2.24, 2.45) is 5.92 Å². The first-order valence-electron chi connectivity index (χ1n) is 9.07. The minimum atomic E-state index is -0.249. The molecule has 1 fully saturated rings. The van der Waals surface area contributed by atoms with Crippen LogP contribution in [0.3, 0.4) is 0 Å². The minimum Gasteiger partial charge on any atom is -0.466 e. The highest BCUT2D eigenvalue weighted by molar-refractivity contribution is 5.92. The van der Waals surface area contributed by atoms with Crippen molar-refractivity contribution in [3.8, 4) is 0 Å². The number of carbonyl (C=O) groups excluding carboxylic acids is 2. The van der Waals surface area contributed by atoms with E-state index in [1.807, 2.05) is 18.2 Å². The molecular weight excluding hydrogens is 332 g/mol. The van der Waals surface area contributed by atoms with Crippen molar-refractivity contribution in [2.45, 2.75) is 32.7 Å². The van der Waals surface area contributed by atoms with Crippen LogP contribution in [0.2, 0.25) is 0 Å². The zero-order valence-electron chi connectivity index (χ0n) is 15.0. The number of rotatable bonds is 6. The third-order valence-corrected chi connectivity index (χ3v) is 4.56. The summed E-state index contributed by atoms with van der Waals surface area (Å²) in [6, 6.07) is 10.1. The molecule has 0 spiro atoms. The summed E-state index contributed by atoms with van der Waals surface area (Å²) >= 11 is 0. The Kier molecular flexibility index (Phi) is 5.99. The number of aryl methyl sites for hydroxylation is 2. The van der Waals surface area contributed by atoms with Gasteiger partial charge in [0, 0.05) is 19.6 Å². The fourth-order valence-electron chi connectivity index (χ4n) is 3.17. The Balaban J connectivity index is 1.58. The molecule has 7 nitrogen and oxygen atoms in total. The van der Waals surface area contributed by atoms with Crippen molar-refractivity contribution in [1.82, 2.24) is 19.9 Å². The van der Waals surface area contributed by atoms with Crippen molar-refractivity contribution >= 4 is 11.9 Å². The Hall–Kier alpha value is -2.70. The topological polar surface area (TPSA) is 77.3 Å². The number of aromatic nitrogens is 3. The molecular formula is C19H24N4O3. The second kappa shape index (κ2) is 8.60. The first-order chi connectivity index (χ1) is 12.7. The predicted molar refractivity (Wildman–Crippen MR) is 95.4 cm³/mol. The number of esters is 1. The molecule has 7 heteroatoms. The van der Waals surface area contributed by atoms with E-state index in [-0.39, 0.29) is 17.8 Å². The molecule has 1 saturated heterocycles. The second-order valence-corrected chi connectivity index (χ2v) is 6.44. The molecule has 26 heavy (non-hydrogen) atoms. The smallest absolute Gasteiger partial charge is 0.310 e. The van der Waals surface area contributed by atoms with Crippen LogP contribution in [0.15, 0.2) is 36.5 Å². The SMILES string of the molecule is CCOC(=O)C1CCCN(C(=O)c2cn(CCc3ccccc3)nn2)C1. The zero-order valence-corrected chi connectivity index (χ0v) is 15.0. The number of hydrogen-bond acceptors (Lipinski definition) is 5. The molecule has 0 N–H and O–H groups in total. The third kappa shape index (κ3) is 4.47. The lowest BCUT2D eigenvalue weighted by Crippen LogP contribution is -2.43. The Labute approximate surface area is 152 Å². The van der Waals surface area contributed by atoms with Gasteiger partial charge in [-0.2, -0.15) is 0 Å². The quantitative estimate of drug-likeness (QED) is 0.739. The van der Waals surface area contributed by atoms with E-state index in [9.17, 15) is 9.59 Å². The van der Waals surface area contributed by atoms with Crippen molar-refractivity contribution < 1.29 is 14.3 Å². The summed E-state index contributed by atoms with van der Waals surface area (Å²) in [7, 11) is 0. The second-order valence-electron chi connectivity index (χ2n) is 6.44. The minimum absolute atomic E-state index is 0.176. The summed E-state index contributed by atoms with van der Waals surface area (Å²) in [5.74, 6) is -0.651. The van der Waals surface area contributed by atoms with Crippen molar-refractivity contribution in [2.75, 3.05) is 19.7 Å². The van der Waals surface area contributed by atoms with Crippen molar-refractivity contribution in [3.63, 3.8) is 0 Å². The monoisotopic (exact) mass is 356 g/mol. The average molecular weight is 356 g/mol. The third-order valence-electron chi connectivity index (χ3n) is 4.56. The van der Waals surface area contributed by atoms with Gasteiger partial charge in [-0.25, -0.2) is 0 Å². The summed E-state index contributed by atoms with van der Waals surface area (Å²) in [5, 5.41) is 8.07. The molecule has 0 aliphatic carbocycles. The van der Waals surface area contributed by atoms with Gasteiger partial charge in [0.1, 0.15) is 0 Å². The number of likely N-dealkylation sites (tertiary alicyclic amines) is 1. The molecule has 0 saturated carbocycles. The van der Waals surface area contributed by atoms with E-state index < -0.39 is 0 Å². The number of benzene rings is 1. The highest BCUT2D eigenvalue weighted by Gasteiger charge is 2.30. The lowest BCUT2D eigenvalue weighted by Gasteiger charge is -2.30. The summed E-state index contributed by atoms with van der Waals surface area (Å²) in [5.41, 5.74) is 1.53. The maximum atomic E-state index is 12.7. The molecule has 138 valence electrons. The summed E-state index contributed by atoms with van der Waals surface area (Å²) in [4.78, 5) is 26.3. The predicted octanol–water partition coefficient (Wildman–Crippen LogP) is 1.94. The first-order valence-corrected chi connectivity index (χ1v) is 9.07. The average Bonchev–Trinajstić information content (AvgIpc) is 3.16. The fourth-order valence-corrected chi connectivity index (χ4v) is 3.17. The molecule has 2 heterocycles. The molecule has 0 radical (unpaired) electrons. The molecule has 2 aromatic rings. The Morgan fingerprint density at radius 3 is 2.85 bits per heavy atom. The van der Waals surface area contributed by atoms with Gasteiger partial charge >= 0.3 is 5.97 Å². The van der Waals surface area contributed by atoms with Gasteiger partial charge < -0.3 is 9.64 Å². The molecule has 1 unspecified atom stereocenters. The molecule has 1 aromatic carbocycles. The summed E-state index contributed by atoms with van der Waals surface area (Å²) in [6.07, 6.45) is 4.05. The van der Waals surface area contributed by atoms with Crippen LogP contribution < -0.4 is 0 Å². The van der Waals surface area contributed by atoms with Gasteiger partial charge in [-0.15, -0.1) is 5.10 Å². The van der Waals surface area contributed by atoms with Crippen LogP contribution in [0.4, 0.5) is 0 Å². The lowest BCUT2D eigenvalue weighted by atomic mass is 9.98. The van der Waals surface area contributed by atoms with E-state index in [1.54, 1.807) is 22.7 Å². The highest BCUT2D eigenvalue weighted by Crippen LogP contribution is 2.19. The molecule has 1 atom stereocenters. The van der Waals surface area contributed by atoms with Gasteiger partial charge in [0.2, 0.25) is 0 Å². The molecule has 1 aliphatic rings. The zero-order chi connectivity index (χ0) is 18.4. The molecule has 1 aliphatic heterocycles. The number of carbonyl (C=O) groups is 2. The van der Waals surface area contributed by atoms with Gasteiger partial charge in [0.05, 0.1) is 18.7 Å². The Morgan fingerprint density at radius 2 is 2.08 bits per heavy atom. The van der Waals surface area contributed by atoms with Crippen LogP contribution in [0, 0.1) is 5.92 Å². The summed E-state index contributed by atoms with van der Waals surface area (Å²) in [6.45, 7) is 3.83. The van der Waals surface area contributed by atoms with E-state index in [1.165, 1.54) is 5.56 Å². The van der Waals surface area contributed by atoms with Gasteiger partial charge in [-0.3, -0.25) is 14.3 Å². The van der Waals surface area contributed by atoms with Gasteiger partial charge in [0.15, 0.2) is 5.69 Å². The number of hydrogen-bond donors (Lipinski definition) is 0. The maximum absolute atomic E-state index is 12.7. The van der Waals surface area contributed by atoms with Crippen LogP contribution in [0.25, 0.3) is 0 Å². The normalized spacial score (nSPS) is 17.1. The van der Waals surface area contributed by atoms with E-state index >= 15 is 0 Å². The van der Waals surface area contributed by atoms with Crippen LogP contribution >= 0.6 is 0 Å². The molecule has 3 rings (SSSR count). The lowest BCUT2D eigenvalue weighted by molar-refractivity contribution is -0.149. The number of nitrogens with zero attached hydrogens (tertiary/aromatic N) is 4. The van der Waals surface area contributed by atoms with E-state index in [0.29, 0.717) is 31.9 Å². The van der Waals surface area contributed by atoms with E-state index in [2.05, 4.69) is 22.4 Å². The molecule has 0 bridgehead atoms. The highest BCUT2D eigenvalue weighted by atomic mass is 16.5. The van der Waals surface area contributed by atoms with Crippen molar-refractivity contribution in [3.05, 3.63) is 47.8 Å². The van der Waals surface area contributed by atoms with E-state index in [0.717, 1.165) is 19.3 Å². The molecule has 1 aromatic heterocycles. The first kappa shape index (κ1) is 18.1. The maximum Gasteiger partial charge on any atom is 0.310 e. The standard InChI is InChI=1S/C19H24N4O3/c1-2-26-19(25)16-9-6-11-22(13-16)18(24)17-14-23(21-20-17)12-10-15-7-4-3-5-8-15/h3-5,7-8,14,16H,2,6,9-13H2,1H3. The Bertz CT molecular complexity index is 744. The van der Waals surface area contributed by atoms with Crippen LogP contribution in [-0.4, -0.2) is 51.5 Å². The Morgan fingerprint density at radius 1 is 1.27 bits per heavy atom. The van der Waals surface area contributed by atoms with Crippen LogP contribution in [0.5, 0.6) is 0 Å². The van der Waals surface area contributed by atoms with Gasteiger partial charge in [0.25, 0.3) is 5.91 Å². The molecule has 1 amide bonds. The number of ether oxygens (including phenoxy) is 1. The van der Waals surface area contributed by atoms with Crippen LogP contribution in [-0.2, 0) is 22.5 Å². The van der Waals surface area contributed by atoms with Crippen LogP contribution in [0.1, 0.15) is 35.8 Å². The fraction of sp³-hybridized carbons (Fsp3) is 0.474. The van der Waals surface area contributed by atoms with Gasteiger partial charge in [-0.1, -0.05) is 35.5 Å². The number of piperidine rings is 1. The largest absolute Gasteiger partial charge is 0.466 e. The summed E-state index contributed by atoms with van der Waals surface area (Å²) < 4.78 is 6.77. The van der Waals surface area contributed by atoms with Crippen molar-refractivity contribution in [1.29, 1.82) is 0 Å². The van der Waals surface area contributed by atoms with Gasteiger partial charge in [-0.05, 0) is 31.7 Å². The number of amides is 1.